The third kappa shape index (κ3) is 3.64. The first-order valence-corrected chi connectivity index (χ1v) is 10.3. The van der Waals surface area contributed by atoms with Crippen LogP contribution in [0.3, 0.4) is 0 Å². The molecule has 0 spiro atoms. The number of nitrogens with zero attached hydrogens (tertiary/aromatic N) is 1. The van der Waals surface area contributed by atoms with Crippen molar-refractivity contribution >= 4 is 22.7 Å². The number of para-hydroxylation sites is 1. The van der Waals surface area contributed by atoms with E-state index < -0.39 is 0 Å². The number of furan rings is 1. The Morgan fingerprint density at radius 2 is 1.42 bits per heavy atom. The lowest BCUT2D eigenvalue weighted by Crippen LogP contribution is -2.40. The van der Waals surface area contributed by atoms with Gasteiger partial charge in [-0.2, -0.15) is 0 Å². The number of benzene rings is 3. The van der Waals surface area contributed by atoms with Crippen molar-refractivity contribution in [2.24, 2.45) is 0 Å². The minimum absolute atomic E-state index is 0.00696. The van der Waals surface area contributed by atoms with E-state index in [1.54, 1.807) is 17.0 Å². The average Bonchev–Trinajstić information content (AvgIpc) is 3.24. The number of hydrogen-bond acceptors (Lipinski definition) is 4. The van der Waals surface area contributed by atoms with Gasteiger partial charge in [0.05, 0.1) is 13.2 Å². The van der Waals surface area contributed by atoms with Gasteiger partial charge in [0.25, 0.3) is 5.91 Å². The second-order valence-electron chi connectivity index (χ2n) is 7.48. The van der Waals surface area contributed by atoms with Crippen molar-refractivity contribution in [1.82, 2.24) is 4.90 Å². The summed E-state index contributed by atoms with van der Waals surface area (Å²) in [6.07, 6.45) is 0. The lowest BCUT2D eigenvalue weighted by Gasteiger charge is -2.26. The van der Waals surface area contributed by atoms with E-state index in [9.17, 15) is 9.59 Å². The van der Waals surface area contributed by atoms with Crippen molar-refractivity contribution in [1.29, 1.82) is 0 Å². The number of amides is 1. The normalized spacial score (nSPS) is 14.0. The van der Waals surface area contributed by atoms with Crippen LogP contribution in [-0.4, -0.2) is 42.9 Å². The maximum Gasteiger partial charge on any atom is 0.254 e. The highest BCUT2D eigenvalue weighted by atomic mass is 16.5. The summed E-state index contributed by atoms with van der Waals surface area (Å²) in [6, 6.07) is 24.1. The van der Waals surface area contributed by atoms with Crippen molar-refractivity contribution in [3.8, 4) is 11.1 Å². The molecule has 0 saturated carbocycles. The molecule has 154 valence electrons. The fourth-order valence-electron chi connectivity index (χ4n) is 3.94. The zero-order valence-corrected chi connectivity index (χ0v) is 16.9. The summed E-state index contributed by atoms with van der Waals surface area (Å²) in [4.78, 5) is 27.8. The van der Waals surface area contributed by atoms with Gasteiger partial charge in [-0.3, -0.25) is 9.59 Å². The van der Waals surface area contributed by atoms with Crippen LogP contribution in [0.2, 0.25) is 0 Å². The molecule has 2 heterocycles. The summed E-state index contributed by atoms with van der Waals surface area (Å²) in [7, 11) is 0. The van der Waals surface area contributed by atoms with Crippen LogP contribution in [-0.2, 0) is 4.74 Å². The Morgan fingerprint density at radius 1 is 0.742 bits per heavy atom. The molecular formula is C26H21NO4. The number of carbonyl (C=O) groups is 2. The van der Waals surface area contributed by atoms with Crippen LogP contribution in [0.5, 0.6) is 0 Å². The number of fused-ring (bicyclic) bond motifs is 1. The summed E-state index contributed by atoms with van der Waals surface area (Å²) in [6.45, 7) is 2.33. The lowest BCUT2D eigenvalue weighted by atomic mass is 9.97. The molecule has 1 aromatic heterocycles. The van der Waals surface area contributed by atoms with E-state index in [4.69, 9.17) is 9.15 Å². The monoisotopic (exact) mass is 411 g/mol. The van der Waals surface area contributed by atoms with E-state index in [-0.39, 0.29) is 11.7 Å². The fourth-order valence-corrected chi connectivity index (χ4v) is 3.94. The number of morpholine rings is 1. The number of ether oxygens (including phenoxy) is 1. The molecule has 31 heavy (non-hydrogen) atoms. The Kier molecular flexibility index (Phi) is 5.10. The minimum Gasteiger partial charge on any atom is -0.452 e. The number of hydrogen-bond donors (Lipinski definition) is 0. The van der Waals surface area contributed by atoms with Gasteiger partial charge in [0, 0.05) is 35.2 Å². The zero-order chi connectivity index (χ0) is 21.2. The molecule has 4 aromatic rings. The summed E-state index contributed by atoms with van der Waals surface area (Å²) in [5.41, 5.74) is 3.43. The molecule has 1 fully saturated rings. The second kappa shape index (κ2) is 8.20. The standard InChI is InChI=1S/C26H21NO4/c28-24(19-6-2-1-3-7-19)25-23(21-8-4-5-9-22(21)31-25)18-10-12-20(13-11-18)26(29)27-14-16-30-17-15-27/h1-13H,14-17H2. The Bertz CT molecular complexity index is 1240. The first kappa shape index (κ1) is 19.3. The highest BCUT2D eigenvalue weighted by Crippen LogP contribution is 2.36. The molecule has 0 unspecified atom stereocenters. The van der Waals surface area contributed by atoms with Crippen LogP contribution in [0.4, 0.5) is 0 Å². The topological polar surface area (TPSA) is 59.8 Å². The van der Waals surface area contributed by atoms with Crippen LogP contribution in [0.1, 0.15) is 26.5 Å². The summed E-state index contributed by atoms with van der Waals surface area (Å²) < 4.78 is 11.3. The molecule has 3 aromatic carbocycles. The van der Waals surface area contributed by atoms with E-state index >= 15 is 0 Å². The molecule has 5 heteroatoms. The predicted molar refractivity (Wildman–Crippen MR) is 118 cm³/mol. The predicted octanol–water partition coefficient (Wildman–Crippen LogP) is 4.80. The second-order valence-corrected chi connectivity index (χ2v) is 7.48. The zero-order valence-electron chi connectivity index (χ0n) is 16.9. The maximum atomic E-state index is 13.2. The average molecular weight is 411 g/mol. The molecule has 1 aliphatic heterocycles. The molecule has 0 N–H and O–H groups in total. The maximum absolute atomic E-state index is 13.2. The summed E-state index contributed by atoms with van der Waals surface area (Å²) in [5.74, 6) is 0.132. The van der Waals surface area contributed by atoms with E-state index in [1.165, 1.54) is 0 Å². The van der Waals surface area contributed by atoms with Crippen LogP contribution in [0.25, 0.3) is 22.1 Å². The highest BCUT2D eigenvalue weighted by molar-refractivity contribution is 6.15. The van der Waals surface area contributed by atoms with Gasteiger partial charge in [-0.25, -0.2) is 0 Å². The van der Waals surface area contributed by atoms with E-state index in [1.807, 2.05) is 66.7 Å². The smallest absolute Gasteiger partial charge is 0.254 e. The molecule has 0 radical (unpaired) electrons. The molecule has 5 nitrogen and oxygen atoms in total. The van der Waals surface area contributed by atoms with Crippen LogP contribution < -0.4 is 0 Å². The van der Waals surface area contributed by atoms with Gasteiger partial charge in [-0.15, -0.1) is 0 Å². The van der Waals surface area contributed by atoms with Gasteiger partial charge in [0.15, 0.2) is 5.76 Å². The summed E-state index contributed by atoms with van der Waals surface area (Å²) in [5, 5.41) is 0.869. The molecular weight excluding hydrogens is 390 g/mol. The van der Waals surface area contributed by atoms with Gasteiger partial charge >= 0.3 is 0 Å². The fraction of sp³-hybridized carbons (Fsp3) is 0.154. The van der Waals surface area contributed by atoms with Crippen molar-refractivity contribution in [3.63, 3.8) is 0 Å². The first-order valence-electron chi connectivity index (χ1n) is 10.3. The Labute approximate surface area is 179 Å². The lowest BCUT2D eigenvalue weighted by molar-refractivity contribution is 0.0303. The molecule has 0 atom stereocenters. The van der Waals surface area contributed by atoms with Crippen LogP contribution in [0.15, 0.2) is 83.3 Å². The summed E-state index contributed by atoms with van der Waals surface area (Å²) >= 11 is 0. The van der Waals surface area contributed by atoms with Crippen LogP contribution >= 0.6 is 0 Å². The number of ketones is 1. The Balaban J connectivity index is 1.55. The Hall–Kier alpha value is -3.70. The highest BCUT2D eigenvalue weighted by Gasteiger charge is 2.24. The van der Waals surface area contributed by atoms with Crippen molar-refractivity contribution in [3.05, 3.63) is 95.7 Å². The van der Waals surface area contributed by atoms with Gasteiger partial charge < -0.3 is 14.1 Å². The van der Waals surface area contributed by atoms with Crippen molar-refractivity contribution < 1.29 is 18.7 Å². The molecule has 5 rings (SSSR count). The Morgan fingerprint density at radius 3 is 2.16 bits per heavy atom. The van der Waals surface area contributed by atoms with Gasteiger partial charge in [-0.05, 0) is 23.8 Å². The largest absolute Gasteiger partial charge is 0.452 e. The van der Waals surface area contributed by atoms with E-state index in [0.29, 0.717) is 48.8 Å². The quantitative estimate of drug-likeness (QED) is 0.453. The molecule has 0 aliphatic carbocycles. The molecule has 1 aliphatic rings. The van der Waals surface area contributed by atoms with E-state index in [0.717, 1.165) is 16.5 Å². The van der Waals surface area contributed by atoms with Gasteiger partial charge in [0.1, 0.15) is 5.58 Å². The third-order valence-electron chi connectivity index (χ3n) is 5.56. The molecule has 0 bridgehead atoms. The van der Waals surface area contributed by atoms with Crippen molar-refractivity contribution in [2.45, 2.75) is 0 Å². The molecule has 1 amide bonds. The number of rotatable bonds is 4. The SMILES string of the molecule is O=C(c1ccccc1)c1oc2ccccc2c1-c1ccc(C(=O)N2CCOCC2)cc1. The van der Waals surface area contributed by atoms with Crippen LogP contribution in [0, 0.1) is 0 Å². The third-order valence-corrected chi connectivity index (χ3v) is 5.56. The van der Waals surface area contributed by atoms with Gasteiger partial charge in [0.2, 0.25) is 5.78 Å². The first-order chi connectivity index (χ1) is 15.2. The van der Waals surface area contributed by atoms with Gasteiger partial charge in [-0.1, -0.05) is 60.7 Å². The minimum atomic E-state index is -0.166. The van der Waals surface area contributed by atoms with Crippen molar-refractivity contribution in [2.75, 3.05) is 26.3 Å². The molecule has 1 saturated heterocycles. The number of carbonyl (C=O) groups excluding carboxylic acids is 2. The van der Waals surface area contributed by atoms with E-state index in [2.05, 4.69) is 0 Å².